The molecule has 92 valence electrons. The van der Waals surface area contributed by atoms with Crippen LogP contribution in [0.1, 0.15) is 12.1 Å². The van der Waals surface area contributed by atoms with Crippen LogP contribution in [0.3, 0.4) is 0 Å². The molecular weight excluding hydrogens is 278 g/mol. The van der Waals surface area contributed by atoms with Crippen LogP contribution in [0.2, 0.25) is 0 Å². The number of halogens is 1. The molecule has 2 fully saturated rings. The van der Waals surface area contributed by atoms with E-state index in [4.69, 9.17) is 0 Å². The lowest BCUT2D eigenvalue weighted by molar-refractivity contribution is 0.141. The molecule has 3 rings (SSSR count). The van der Waals surface area contributed by atoms with Crippen LogP contribution in [0.15, 0.2) is 22.8 Å². The Morgan fingerprint density at radius 2 is 2.24 bits per heavy atom. The number of hydrogen-bond donors (Lipinski definition) is 1. The number of nitrogens with one attached hydrogen (secondary N) is 1. The minimum absolute atomic E-state index is 0.860. The second kappa shape index (κ2) is 5.04. The van der Waals surface area contributed by atoms with Gasteiger partial charge in [-0.1, -0.05) is 0 Å². The fourth-order valence-electron chi connectivity index (χ4n) is 2.98. The van der Waals surface area contributed by atoms with Gasteiger partial charge in [-0.25, -0.2) is 0 Å². The van der Waals surface area contributed by atoms with E-state index in [1.165, 1.54) is 38.3 Å². The molecular formula is C13H18BrN3. The zero-order valence-electron chi connectivity index (χ0n) is 9.90. The normalized spacial score (nSPS) is 29.2. The summed E-state index contributed by atoms with van der Waals surface area (Å²) in [6, 6.07) is 4.19. The molecule has 1 N–H and O–H groups in total. The zero-order chi connectivity index (χ0) is 11.7. The molecule has 0 bridgehead atoms. The van der Waals surface area contributed by atoms with Crippen LogP contribution in [0.4, 0.5) is 0 Å². The molecule has 2 aliphatic heterocycles. The molecule has 2 atom stereocenters. The SMILES string of the molecule is Brc1ccc(CN2CCC3CNCC3C2)nc1. The topological polar surface area (TPSA) is 28.2 Å². The molecule has 2 unspecified atom stereocenters. The Morgan fingerprint density at radius 1 is 1.35 bits per heavy atom. The molecule has 1 aromatic heterocycles. The van der Waals surface area contributed by atoms with Gasteiger partial charge in [0.2, 0.25) is 0 Å². The van der Waals surface area contributed by atoms with Gasteiger partial charge in [0.05, 0.1) is 5.69 Å². The Morgan fingerprint density at radius 3 is 3.06 bits per heavy atom. The highest BCUT2D eigenvalue weighted by molar-refractivity contribution is 9.10. The summed E-state index contributed by atoms with van der Waals surface area (Å²) in [6.07, 6.45) is 3.23. The van der Waals surface area contributed by atoms with Gasteiger partial charge in [0.25, 0.3) is 0 Å². The summed E-state index contributed by atoms with van der Waals surface area (Å²) in [4.78, 5) is 7.00. The molecule has 3 heterocycles. The Bertz CT molecular complexity index is 379. The Labute approximate surface area is 111 Å². The van der Waals surface area contributed by atoms with Gasteiger partial charge in [0.15, 0.2) is 0 Å². The van der Waals surface area contributed by atoms with E-state index in [1.54, 1.807) is 0 Å². The minimum Gasteiger partial charge on any atom is -0.316 e. The van der Waals surface area contributed by atoms with E-state index in [0.29, 0.717) is 0 Å². The van der Waals surface area contributed by atoms with Gasteiger partial charge in [-0.3, -0.25) is 9.88 Å². The van der Waals surface area contributed by atoms with Crippen molar-refractivity contribution in [1.29, 1.82) is 0 Å². The minimum atomic E-state index is 0.860. The lowest BCUT2D eigenvalue weighted by Crippen LogP contribution is -2.39. The summed E-state index contributed by atoms with van der Waals surface area (Å²) in [6.45, 7) is 5.89. The first-order valence-electron chi connectivity index (χ1n) is 6.35. The van der Waals surface area contributed by atoms with Crippen LogP contribution in [-0.4, -0.2) is 36.1 Å². The van der Waals surface area contributed by atoms with E-state index in [1.807, 2.05) is 6.20 Å². The average Bonchev–Trinajstić information content (AvgIpc) is 2.79. The maximum absolute atomic E-state index is 4.45. The smallest absolute Gasteiger partial charge is 0.0544 e. The van der Waals surface area contributed by atoms with Crippen molar-refractivity contribution in [2.75, 3.05) is 26.2 Å². The highest BCUT2D eigenvalue weighted by Crippen LogP contribution is 2.27. The van der Waals surface area contributed by atoms with Crippen molar-refractivity contribution in [2.45, 2.75) is 13.0 Å². The Kier molecular flexibility index (Phi) is 3.45. The predicted molar refractivity (Wildman–Crippen MR) is 71.7 cm³/mol. The van der Waals surface area contributed by atoms with Crippen LogP contribution >= 0.6 is 15.9 Å². The molecule has 2 aliphatic rings. The molecule has 0 saturated carbocycles. The predicted octanol–water partition coefficient (Wildman–Crippen LogP) is 1.89. The second-order valence-corrected chi connectivity index (χ2v) is 6.09. The van der Waals surface area contributed by atoms with Crippen LogP contribution < -0.4 is 5.32 Å². The molecule has 0 aliphatic carbocycles. The van der Waals surface area contributed by atoms with E-state index < -0.39 is 0 Å². The standard InChI is InChI=1S/C13H18BrN3/c14-12-1-2-13(16-7-12)9-17-4-3-10-5-15-6-11(10)8-17/h1-2,7,10-11,15H,3-6,8-9H2. The number of piperidine rings is 1. The van der Waals surface area contributed by atoms with Crippen molar-refractivity contribution in [3.63, 3.8) is 0 Å². The van der Waals surface area contributed by atoms with E-state index in [9.17, 15) is 0 Å². The maximum Gasteiger partial charge on any atom is 0.0544 e. The number of aromatic nitrogens is 1. The third-order valence-electron chi connectivity index (χ3n) is 3.96. The zero-order valence-corrected chi connectivity index (χ0v) is 11.5. The third-order valence-corrected chi connectivity index (χ3v) is 4.43. The summed E-state index contributed by atoms with van der Waals surface area (Å²) in [5.74, 6) is 1.78. The highest BCUT2D eigenvalue weighted by Gasteiger charge is 2.32. The molecule has 17 heavy (non-hydrogen) atoms. The van der Waals surface area contributed by atoms with Crippen LogP contribution in [0.25, 0.3) is 0 Å². The summed E-state index contributed by atoms with van der Waals surface area (Å²) < 4.78 is 1.06. The first-order chi connectivity index (χ1) is 8.31. The molecule has 4 heteroatoms. The van der Waals surface area contributed by atoms with E-state index in [0.717, 1.165) is 22.9 Å². The van der Waals surface area contributed by atoms with Gasteiger partial charge in [-0.2, -0.15) is 0 Å². The van der Waals surface area contributed by atoms with Crippen molar-refractivity contribution in [3.05, 3.63) is 28.5 Å². The lowest BCUT2D eigenvalue weighted by atomic mass is 9.89. The molecule has 0 amide bonds. The summed E-state index contributed by atoms with van der Waals surface area (Å²) in [5.41, 5.74) is 1.18. The number of likely N-dealkylation sites (tertiary alicyclic amines) is 1. The number of fused-ring (bicyclic) bond motifs is 1. The Hall–Kier alpha value is -0.450. The summed E-state index contributed by atoms with van der Waals surface area (Å²) in [7, 11) is 0. The molecule has 2 saturated heterocycles. The summed E-state index contributed by atoms with van der Waals surface area (Å²) in [5, 5.41) is 3.51. The van der Waals surface area contributed by atoms with Crippen LogP contribution in [0.5, 0.6) is 0 Å². The van der Waals surface area contributed by atoms with Gasteiger partial charge >= 0.3 is 0 Å². The van der Waals surface area contributed by atoms with Gasteiger partial charge in [-0.05, 0) is 66.0 Å². The summed E-state index contributed by atoms with van der Waals surface area (Å²) >= 11 is 3.42. The van der Waals surface area contributed by atoms with Gasteiger partial charge in [0, 0.05) is 23.8 Å². The quantitative estimate of drug-likeness (QED) is 0.903. The number of rotatable bonds is 2. The van der Waals surface area contributed by atoms with Gasteiger partial charge < -0.3 is 5.32 Å². The first kappa shape index (κ1) is 11.6. The maximum atomic E-state index is 4.45. The van der Waals surface area contributed by atoms with Gasteiger partial charge in [0.1, 0.15) is 0 Å². The fraction of sp³-hybridized carbons (Fsp3) is 0.615. The highest BCUT2D eigenvalue weighted by atomic mass is 79.9. The second-order valence-electron chi connectivity index (χ2n) is 5.17. The number of hydrogen-bond acceptors (Lipinski definition) is 3. The monoisotopic (exact) mass is 295 g/mol. The van der Waals surface area contributed by atoms with Gasteiger partial charge in [-0.15, -0.1) is 0 Å². The molecule has 3 nitrogen and oxygen atoms in total. The molecule has 0 aromatic carbocycles. The molecule has 0 radical (unpaired) electrons. The third kappa shape index (κ3) is 2.69. The van der Waals surface area contributed by atoms with E-state index in [-0.39, 0.29) is 0 Å². The average molecular weight is 296 g/mol. The fourth-order valence-corrected chi connectivity index (χ4v) is 3.22. The number of pyridine rings is 1. The van der Waals surface area contributed by atoms with Crippen molar-refractivity contribution in [2.24, 2.45) is 11.8 Å². The first-order valence-corrected chi connectivity index (χ1v) is 7.14. The van der Waals surface area contributed by atoms with Crippen LogP contribution in [0, 0.1) is 11.8 Å². The van der Waals surface area contributed by atoms with Crippen molar-refractivity contribution in [1.82, 2.24) is 15.2 Å². The number of nitrogens with zero attached hydrogens (tertiary/aromatic N) is 2. The van der Waals surface area contributed by atoms with Crippen molar-refractivity contribution >= 4 is 15.9 Å². The van der Waals surface area contributed by atoms with Crippen molar-refractivity contribution in [3.8, 4) is 0 Å². The molecule has 0 spiro atoms. The van der Waals surface area contributed by atoms with E-state index in [2.05, 4.69) is 43.3 Å². The lowest BCUT2D eigenvalue weighted by Gasteiger charge is -2.34. The molecule has 1 aromatic rings. The van der Waals surface area contributed by atoms with Crippen LogP contribution in [-0.2, 0) is 6.54 Å². The Balaban J connectivity index is 1.60. The van der Waals surface area contributed by atoms with Crippen molar-refractivity contribution < 1.29 is 0 Å². The van der Waals surface area contributed by atoms with E-state index >= 15 is 0 Å². The largest absolute Gasteiger partial charge is 0.316 e.